The number of hydrogen-bond acceptors (Lipinski definition) is 4. The SMILES string of the molecule is CCCNc1cc(C(F)(F)F)ccc1/C=C/C(=O)NCc1cc(C)c(NS(C)(=O)=O)c(F)c1. The molecule has 11 heteroatoms. The van der Waals surface area contributed by atoms with Crippen LogP contribution in [0.15, 0.2) is 36.4 Å². The van der Waals surface area contributed by atoms with E-state index in [4.69, 9.17) is 0 Å². The fourth-order valence-corrected chi connectivity index (χ4v) is 3.57. The first-order valence-corrected chi connectivity index (χ1v) is 11.9. The third kappa shape index (κ3) is 8.08. The molecule has 0 fully saturated rings. The predicted octanol–water partition coefficient (Wildman–Crippen LogP) is 4.68. The average molecular weight is 488 g/mol. The first kappa shape index (κ1) is 26.2. The van der Waals surface area contributed by atoms with Gasteiger partial charge in [0.25, 0.3) is 0 Å². The Labute approximate surface area is 190 Å². The van der Waals surface area contributed by atoms with Gasteiger partial charge in [-0.3, -0.25) is 9.52 Å². The van der Waals surface area contributed by atoms with Crippen molar-refractivity contribution < 1.29 is 30.8 Å². The maximum absolute atomic E-state index is 14.3. The molecule has 0 saturated heterocycles. The molecular weight excluding hydrogens is 462 g/mol. The molecule has 0 saturated carbocycles. The largest absolute Gasteiger partial charge is 0.416 e. The fraction of sp³-hybridized carbons (Fsp3) is 0.318. The van der Waals surface area contributed by atoms with Gasteiger partial charge in [-0.2, -0.15) is 13.2 Å². The van der Waals surface area contributed by atoms with Gasteiger partial charge in [0.15, 0.2) is 0 Å². The van der Waals surface area contributed by atoms with Crippen molar-refractivity contribution in [2.24, 2.45) is 0 Å². The Bertz CT molecular complexity index is 1120. The Balaban J connectivity index is 2.11. The summed E-state index contributed by atoms with van der Waals surface area (Å²) < 4.78 is 78.0. The number of aryl methyl sites for hydroxylation is 1. The minimum absolute atomic E-state index is 0.0337. The molecule has 0 atom stereocenters. The number of rotatable bonds is 9. The summed E-state index contributed by atoms with van der Waals surface area (Å²) in [4.78, 5) is 12.2. The van der Waals surface area contributed by atoms with Gasteiger partial charge in [-0.05, 0) is 54.3 Å². The number of benzene rings is 2. The molecule has 0 radical (unpaired) electrons. The lowest BCUT2D eigenvalue weighted by Crippen LogP contribution is -2.20. The second-order valence-electron chi connectivity index (χ2n) is 7.42. The molecule has 0 bridgehead atoms. The van der Waals surface area contributed by atoms with Crippen molar-refractivity contribution in [3.8, 4) is 0 Å². The lowest BCUT2D eigenvalue weighted by Gasteiger charge is -2.13. The number of carbonyl (C=O) groups excluding carboxylic acids is 1. The zero-order valence-electron chi connectivity index (χ0n) is 18.3. The monoisotopic (exact) mass is 487 g/mol. The topological polar surface area (TPSA) is 87.3 Å². The standard InChI is InChI=1S/C22H25F4N3O3S/c1-4-9-27-19-12-17(22(24,25)26)7-5-16(19)6-8-20(30)28-13-15-10-14(2)21(18(23)11-15)29-33(3,31)32/h5-8,10-12,27,29H,4,9,13H2,1-3H3,(H,28,30)/b8-6+. The van der Waals surface area contributed by atoms with Crippen LogP contribution in [-0.4, -0.2) is 27.1 Å². The Morgan fingerprint density at radius 2 is 1.85 bits per heavy atom. The van der Waals surface area contributed by atoms with Crippen LogP contribution in [0.2, 0.25) is 0 Å². The predicted molar refractivity (Wildman–Crippen MR) is 121 cm³/mol. The maximum atomic E-state index is 14.3. The normalized spacial score (nSPS) is 12.1. The van der Waals surface area contributed by atoms with Gasteiger partial charge in [0.2, 0.25) is 15.9 Å². The Morgan fingerprint density at radius 3 is 2.42 bits per heavy atom. The molecule has 0 aromatic heterocycles. The summed E-state index contributed by atoms with van der Waals surface area (Å²) in [7, 11) is -3.65. The molecule has 0 spiro atoms. The summed E-state index contributed by atoms with van der Waals surface area (Å²) in [5, 5.41) is 5.48. The lowest BCUT2D eigenvalue weighted by atomic mass is 10.1. The average Bonchev–Trinajstić information content (AvgIpc) is 2.70. The fourth-order valence-electron chi connectivity index (χ4n) is 2.94. The van der Waals surface area contributed by atoms with E-state index in [-0.39, 0.29) is 17.9 Å². The van der Waals surface area contributed by atoms with Gasteiger partial charge in [-0.25, -0.2) is 12.8 Å². The molecule has 3 N–H and O–H groups in total. The third-order valence-corrected chi connectivity index (χ3v) is 5.04. The lowest BCUT2D eigenvalue weighted by molar-refractivity contribution is -0.137. The van der Waals surface area contributed by atoms with E-state index < -0.39 is 33.5 Å². The molecule has 0 aliphatic rings. The molecule has 180 valence electrons. The van der Waals surface area contributed by atoms with Gasteiger partial charge in [0, 0.05) is 24.9 Å². The van der Waals surface area contributed by atoms with Crippen molar-refractivity contribution in [3.63, 3.8) is 0 Å². The van der Waals surface area contributed by atoms with Gasteiger partial charge in [0.1, 0.15) is 5.82 Å². The van der Waals surface area contributed by atoms with Crippen LogP contribution < -0.4 is 15.4 Å². The summed E-state index contributed by atoms with van der Waals surface area (Å²) in [5.41, 5.74) is 0.449. The quantitative estimate of drug-likeness (QED) is 0.354. The molecule has 1 amide bonds. The number of nitrogens with one attached hydrogen (secondary N) is 3. The minimum Gasteiger partial charge on any atom is -0.385 e. The highest BCUT2D eigenvalue weighted by molar-refractivity contribution is 7.92. The second-order valence-corrected chi connectivity index (χ2v) is 9.17. The van der Waals surface area contributed by atoms with Gasteiger partial charge in [-0.1, -0.05) is 19.1 Å². The molecule has 0 aliphatic carbocycles. The van der Waals surface area contributed by atoms with E-state index in [0.29, 0.717) is 29.7 Å². The first-order chi connectivity index (χ1) is 15.3. The van der Waals surface area contributed by atoms with Crippen LogP contribution in [0.4, 0.5) is 28.9 Å². The summed E-state index contributed by atoms with van der Waals surface area (Å²) in [6.07, 6.45) is -0.316. The van der Waals surface area contributed by atoms with Crippen molar-refractivity contribution in [1.29, 1.82) is 0 Å². The van der Waals surface area contributed by atoms with Gasteiger partial charge in [0.05, 0.1) is 17.5 Å². The summed E-state index contributed by atoms with van der Waals surface area (Å²) in [6.45, 7) is 3.83. The van der Waals surface area contributed by atoms with E-state index in [1.807, 2.05) is 6.92 Å². The minimum atomic E-state index is -4.48. The van der Waals surface area contributed by atoms with Gasteiger partial charge < -0.3 is 10.6 Å². The van der Waals surface area contributed by atoms with E-state index >= 15 is 0 Å². The van der Waals surface area contributed by atoms with E-state index in [9.17, 15) is 30.8 Å². The highest BCUT2D eigenvalue weighted by Gasteiger charge is 2.30. The number of halogens is 4. The van der Waals surface area contributed by atoms with Crippen LogP contribution in [0.5, 0.6) is 0 Å². The summed E-state index contributed by atoms with van der Waals surface area (Å²) >= 11 is 0. The molecule has 0 heterocycles. The zero-order valence-corrected chi connectivity index (χ0v) is 19.1. The van der Waals surface area contributed by atoms with Crippen LogP contribution in [0.25, 0.3) is 6.08 Å². The van der Waals surface area contributed by atoms with Crippen molar-refractivity contribution in [1.82, 2.24) is 5.32 Å². The van der Waals surface area contributed by atoms with Crippen LogP contribution in [0.1, 0.15) is 35.6 Å². The number of amides is 1. The van der Waals surface area contributed by atoms with Crippen molar-refractivity contribution >= 4 is 33.4 Å². The maximum Gasteiger partial charge on any atom is 0.416 e. The van der Waals surface area contributed by atoms with Crippen molar-refractivity contribution in [2.75, 3.05) is 22.8 Å². The van der Waals surface area contributed by atoms with Crippen molar-refractivity contribution in [2.45, 2.75) is 33.0 Å². The number of alkyl halides is 3. The molecule has 2 rings (SSSR count). The van der Waals surface area contributed by atoms with Gasteiger partial charge >= 0.3 is 6.18 Å². The Hall–Kier alpha value is -3.08. The van der Waals surface area contributed by atoms with E-state index in [1.165, 1.54) is 31.2 Å². The molecular formula is C22H25F4N3O3S. The Morgan fingerprint density at radius 1 is 1.15 bits per heavy atom. The molecule has 33 heavy (non-hydrogen) atoms. The molecule has 6 nitrogen and oxygen atoms in total. The molecule has 2 aromatic carbocycles. The zero-order chi connectivity index (χ0) is 24.8. The van der Waals surface area contributed by atoms with Crippen LogP contribution in [-0.2, 0) is 27.5 Å². The number of sulfonamides is 1. The Kier molecular flexibility index (Phi) is 8.48. The number of anilines is 2. The van der Waals surface area contributed by atoms with Crippen LogP contribution in [0.3, 0.4) is 0 Å². The smallest absolute Gasteiger partial charge is 0.385 e. The van der Waals surface area contributed by atoms with Crippen LogP contribution >= 0.6 is 0 Å². The van der Waals surface area contributed by atoms with E-state index in [1.54, 1.807) is 0 Å². The van der Waals surface area contributed by atoms with Gasteiger partial charge in [-0.15, -0.1) is 0 Å². The summed E-state index contributed by atoms with van der Waals surface area (Å²) in [5.74, 6) is -1.32. The van der Waals surface area contributed by atoms with E-state index in [2.05, 4.69) is 15.4 Å². The molecule has 2 aromatic rings. The van der Waals surface area contributed by atoms with E-state index in [0.717, 1.165) is 24.5 Å². The summed E-state index contributed by atoms with van der Waals surface area (Å²) in [6, 6.07) is 5.84. The number of hydrogen-bond donors (Lipinski definition) is 3. The highest BCUT2D eigenvalue weighted by Crippen LogP contribution is 2.32. The molecule has 0 unspecified atom stereocenters. The first-order valence-electron chi connectivity index (χ1n) is 9.98. The van der Waals surface area contributed by atoms with Crippen LogP contribution in [0, 0.1) is 12.7 Å². The number of carbonyl (C=O) groups is 1. The highest BCUT2D eigenvalue weighted by atomic mass is 32.2. The third-order valence-electron chi connectivity index (χ3n) is 4.46. The molecule has 0 aliphatic heterocycles. The van der Waals surface area contributed by atoms with Crippen molar-refractivity contribution in [3.05, 3.63) is 64.5 Å². The second kappa shape index (κ2) is 10.7.